The highest BCUT2D eigenvalue weighted by Gasteiger charge is 2.23. The van der Waals surface area contributed by atoms with E-state index in [1.807, 2.05) is 61.5 Å². The summed E-state index contributed by atoms with van der Waals surface area (Å²) in [5.41, 5.74) is 3.17. The van der Waals surface area contributed by atoms with Crippen molar-refractivity contribution >= 4 is 56.0 Å². The zero-order valence-electron chi connectivity index (χ0n) is 17.5. The second-order valence-electron chi connectivity index (χ2n) is 7.42. The van der Waals surface area contributed by atoms with E-state index in [-0.39, 0.29) is 5.91 Å². The molecule has 2 aromatic heterocycles. The average molecular weight is 468 g/mol. The van der Waals surface area contributed by atoms with Crippen molar-refractivity contribution in [1.29, 1.82) is 0 Å². The Balaban J connectivity index is 1.72. The Hall–Kier alpha value is -2.41. The van der Waals surface area contributed by atoms with E-state index in [4.69, 9.17) is 16.6 Å². The molecule has 0 unspecified atom stereocenters. The van der Waals surface area contributed by atoms with Crippen LogP contribution in [0.25, 0.3) is 10.2 Å². The van der Waals surface area contributed by atoms with Gasteiger partial charge in [-0.05, 0) is 61.0 Å². The van der Waals surface area contributed by atoms with Crippen LogP contribution in [0.3, 0.4) is 0 Å². The molecule has 0 saturated heterocycles. The molecule has 0 N–H and O–H groups in total. The lowest BCUT2D eigenvalue weighted by Gasteiger charge is -2.20. The summed E-state index contributed by atoms with van der Waals surface area (Å²) < 4.78 is 0.999. The molecular weight excluding hydrogens is 446 g/mol. The van der Waals surface area contributed by atoms with Crippen LogP contribution in [0.15, 0.2) is 65.7 Å². The topological polar surface area (TPSA) is 46.1 Å². The summed E-state index contributed by atoms with van der Waals surface area (Å²) in [5, 5.41) is 1.79. The molecule has 0 saturated carbocycles. The molecule has 0 spiro atoms. The molecule has 2 heterocycles. The molecule has 31 heavy (non-hydrogen) atoms. The molecule has 0 aliphatic carbocycles. The van der Waals surface area contributed by atoms with Gasteiger partial charge in [-0.1, -0.05) is 42.9 Å². The van der Waals surface area contributed by atoms with E-state index in [2.05, 4.69) is 18.8 Å². The third kappa shape index (κ3) is 4.92. The lowest BCUT2D eigenvalue weighted by atomic mass is 10.2. The highest BCUT2D eigenvalue weighted by atomic mass is 35.5. The van der Waals surface area contributed by atoms with Crippen molar-refractivity contribution in [3.05, 3.63) is 82.6 Å². The Labute approximate surface area is 195 Å². The summed E-state index contributed by atoms with van der Waals surface area (Å²) >= 11 is 9.55. The fourth-order valence-electron chi connectivity index (χ4n) is 3.19. The fraction of sp³-hybridized carbons (Fsp3) is 0.208. The van der Waals surface area contributed by atoms with Gasteiger partial charge < -0.3 is 0 Å². The molecule has 4 aromatic rings. The molecule has 0 aliphatic heterocycles. The van der Waals surface area contributed by atoms with Crippen molar-refractivity contribution in [3.63, 3.8) is 0 Å². The third-order valence-corrected chi connectivity index (χ3v) is 7.20. The van der Waals surface area contributed by atoms with E-state index in [1.165, 1.54) is 11.3 Å². The lowest BCUT2D eigenvalue weighted by Crippen LogP contribution is -2.30. The van der Waals surface area contributed by atoms with E-state index < -0.39 is 0 Å². The Morgan fingerprint density at radius 3 is 2.58 bits per heavy atom. The number of carbonyl (C=O) groups excluding carboxylic acids is 1. The largest absolute Gasteiger partial charge is 0.278 e. The summed E-state index contributed by atoms with van der Waals surface area (Å²) in [6, 6.07) is 17.3. The van der Waals surface area contributed by atoms with E-state index in [1.54, 1.807) is 22.9 Å². The van der Waals surface area contributed by atoms with Crippen molar-refractivity contribution in [2.45, 2.75) is 37.5 Å². The summed E-state index contributed by atoms with van der Waals surface area (Å²) in [6.45, 7) is 6.60. The van der Waals surface area contributed by atoms with Crippen LogP contribution in [-0.4, -0.2) is 21.1 Å². The quantitative estimate of drug-likeness (QED) is 0.286. The second-order valence-corrected chi connectivity index (χ2v) is 10.5. The monoisotopic (exact) mass is 467 g/mol. The molecule has 1 amide bonds. The van der Waals surface area contributed by atoms with Gasteiger partial charge in [0.25, 0.3) is 5.91 Å². The van der Waals surface area contributed by atoms with Crippen molar-refractivity contribution in [1.82, 2.24) is 9.97 Å². The van der Waals surface area contributed by atoms with Crippen molar-refractivity contribution in [2.75, 3.05) is 4.90 Å². The number of benzene rings is 2. The first-order chi connectivity index (χ1) is 14.9. The number of fused-ring (bicyclic) bond motifs is 1. The van der Waals surface area contributed by atoms with Crippen LogP contribution < -0.4 is 4.90 Å². The fourth-order valence-corrected chi connectivity index (χ4v) is 5.20. The predicted octanol–water partition coefficient (Wildman–Crippen LogP) is 7.00. The standard InChI is InChI=1S/C24H22ClN3OS2/c1-15(2)30-19-9-7-17(8-10-19)23(29)28(14-18-6-4-5-13-26-18)24-27-22-16(3)20(25)11-12-21(22)31-24/h4-13,15H,14H2,1-3H3. The summed E-state index contributed by atoms with van der Waals surface area (Å²) in [6.07, 6.45) is 1.73. The predicted molar refractivity (Wildman–Crippen MR) is 132 cm³/mol. The molecular formula is C24H22ClN3OS2. The molecule has 2 aromatic carbocycles. The van der Waals surface area contributed by atoms with Gasteiger partial charge in [-0.25, -0.2) is 4.98 Å². The van der Waals surface area contributed by atoms with Gasteiger partial charge in [0.05, 0.1) is 22.5 Å². The number of aryl methyl sites for hydroxylation is 1. The van der Waals surface area contributed by atoms with E-state index in [0.717, 1.165) is 26.4 Å². The number of carbonyl (C=O) groups is 1. The summed E-state index contributed by atoms with van der Waals surface area (Å²) in [7, 11) is 0. The number of aromatic nitrogens is 2. The number of halogens is 1. The minimum absolute atomic E-state index is 0.102. The summed E-state index contributed by atoms with van der Waals surface area (Å²) in [4.78, 5) is 25.6. The van der Waals surface area contributed by atoms with Gasteiger partial charge in [0, 0.05) is 26.9 Å². The maximum Gasteiger partial charge on any atom is 0.260 e. The SMILES string of the molecule is Cc1c(Cl)ccc2sc(N(Cc3ccccn3)C(=O)c3ccc(SC(C)C)cc3)nc12. The minimum atomic E-state index is -0.102. The Morgan fingerprint density at radius 1 is 1.13 bits per heavy atom. The molecule has 0 aliphatic rings. The van der Waals surface area contributed by atoms with Crippen LogP contribution >= 0.6 is 34.7 Å². The number of hydrogen-bond donors (Lipinski definition) is 0. The molecule has 4 rings (SSSR count). The number of pyridine rings is 1. The van der Waals surface area contributed by atoms with Crippen LogP contribution in [0.2, 0.25) is 5.02 Å². The van der Waals surface area contributed by atoms with Gasteiger partial charge in [0.1, 0.15) is 0 Å². The maximum atomic E-state index is 13.5. The van der Waals surface area contributed by atoms with Crippen LogP contribution in [-0.2, 0) is 6.54 Å². The average Bonchev–Trinajstić information content (AvgIpc) is 3.20. The lowest BCUT2D eigenvalue weighted by molar-refractivity contribution is 0.0984. The minimum Gasteiger partial charge on any atom is -0.278 e. The normalized spacial score (nSPS) is 11.3. The Morgan fingerprint density at radius 2 is 1.90 bits per heavy atom. The Bertz CT molecular complexity index is 1210. The number of anilines is 1. The zero-order chi connectivity index (χ0) is 22.0. The first kappa shape index (κ1) is 21.8. The molecule has 0 atom stereocenters. The molecule has 0 fully saturated rings. The highest BCUT2D eigenvalue weighted by Crippen LogP contribution is 2.35. The summed E-state index contributed by atoms with van der Waals surface area (Å²) in [5.74, 6) is -0.102. The number of nitrogens with zero attached hydrogens (tertiary/aromatic N) is 3. The second kappa shape index (κ2) is 9.39. The number of hydrogen-bond acceptors (Lipinski definition) is 5. The molecule has 4 nitrogen and oxygen atoms in total. The van der Waals surface area contributed by atoms with Crippen LogP contribution in [0.1, 0.15) is 35.5 Å². The van der Waals surface area contributed by atoms with Gasteiger partial charge in [0.15, 0.2) is 5.13 Å². The van der Waals surface area contributed by atoms with Crippen LogP contribution in [0, 0.1) is 6.92 Å². The van der Waals surface area contributed by atoms with E-state index >= 15 is 0 Å². The van der Waals surface area contributed by atoms with Gasteiger partial charge in [-0.2, -0.15) is 0 Å². The smallest absolute Gasteiger partial charge is 0.260 e. The number of rotatable bonds is 6. The molecule has 0 radical (unpaired) electrons. The van der Waals surface area contributed by atoms with Gasteiger partial charge in [0.2, 0.25) is 0 Å². The van der Waals surface area contributed by atoms with E-state index in [0.29, 0.717) is 27.5 Å². The van der Waals surface area contributed by atoms with Crippen molar-refractivity contribution < 1.29 is 4.79 Å². The molecule has 0 bridgehead atoms. The van der Waals surface area contributed by atoms with Crippen molar-refractivity contribution in [2.24, 2.45) is 0 Å². The van der Waals surface area contributed by atoms with E-state index in [9.17, 15) is 4.79 Å². The van der Waals surface area contributed by atoms with Crippen LogP contribution in [0.5, 0.6) is 0 Å². The van der Waals surface area contributed by atoms with Gasteiger partial charge in [-0.15, -0.1) is 11.8 Å². The first-order valence-electron chi connectivity index (χ1n) is 9.96. The maximum absolute atomic E-state index is 13.5. The van der Waals surface area contributed by atoms with Crippen LogP contribution in [0.4, 0.5) is 5.13 Å². The number of amides is 1. The molecule has 158 valence electrons. The first-order valence-corrected chi connectivity index (χ1v) is 12.0. The number of thioether (sulfide) groups is 1. The van der Waals surface area contributed by atoms with Gasteiger partial charge >= 0.3 is 0 Å². The third-order valence-electron chi connectivity index (χ3n) is 4.73. The highest BCUT2D eigenvalue weighted by molar-refractivity contribution is 7.99. The van der Waals surface area contributed by atoms with Crippen molar-refractivity contribution in [3.8, 4) is 0 Å². The van der Waals surface area contributed by atoms with Gasteiger partial charge in [-0.3, -0.25) is 14.7 Å². The number of thiazole rings is 1. The Kier molecular flexibility index (Phi) is 6.60. The molecule has 7 heteroatoms. The zero-order valence-corrected chi connectivity index (χ0v) is 19.9.